The quantitative estimate of drug-likeness (QED) is 0.901. The lowest BCUT2D eigenvalue weighted by molar-refractivity contribution is -0.122. The highest BCUT2D eigenvalue weighted by Gasteiger charge is 2.29. The molecule has 1 saturated carbocycles. The number of rotatable bonds is 5. The summed E-state index contributed by atoms with van der Waals surface area (Å²) >= 11 is 0. The van der Waals surface area contributed by atoms with Crippen molar-refractivity contribution in [2.24, 2.45) is 5.92 Å². The zero-order valence-corrected chi connectivity index (χ0v) is 12.7. The molecule has 1 aromatic rings. The molecule has 1 fully saturated rings. The second-order valence-corrected chi connectivity index (χ2v) is 6.27. The first-order chi connectivity index (χ1) is 10.2. The van der Waals surface area contributed by atoms with Crippen molar-refractivity contribution in [2.75, 3.05) is 19.6 Å². The molecule has 0 saturated heterocycles. The number of hydrogen-bond acceptors (Lipinski definition) is 2. The molecular formula is C18H24N2O. The first-order valence-corrected chi connectivity index (χ1v) is 7.98. The summed E-state index contributed by atoms with van der Waals surface area (Å²) in [5.74, 6) is 0.894. The van der Waals surface area contributed by atoms with Gasteiger partial charge < -0.3 is 5.32 Å². The molecule has 3 heteroatoms. The fourth-order valence-corrected chi connectivity index (χ4v) is 2.99. The monoisotopic (exact) mass is 284 g/mol. The Kier molecular flexibility index (Phi) is 4.39. The molecule has 0 radical (unpaired) electrons. The molecule has 0 spiro atoms. The molecule has 1 N–H and O–H groups in total. The minimum absolute atomic E-state index is 0.172. The summed E-state index contributed by atoms with van der Waals surface area (Å²) in [5, 5.41) is 3.13. The standard InChI is InChI=1S/C18H24N2O/c1-14(15-7-8-15)19-18(21)13-20-11-9-17(10-12-20)16-5-3-2-4-6-16/h2-6,9,14-15H,7-8,10-13H2,1H3,(H,19,21)/t14-/m0/s1. The van der Waals surface area contributed by atoms with Crippen molar-refractivity contribution < 1.29 is 4.79 Å². The van der Waals surface area contributed by atoms with Crippen molar-refractivity contribution in [1.82, 2.24) is 10.2 Å². The van der Waals surface area contributed by atoms with Crippen LogP contribution in [0.15, 0.2) is 36.4 Å². The van der Waals surface area contributed by atoms with Crippen molar-refractivity contribution in [2.45, 2.75) is 32.2 Å². The highest BCUT2D eigenvalue weighted by atomic mass is 16.2. The normalized spacial score (nSPS) is 20.7. The van der Waals surface area contributed by atoms with Crippen LogP contribution >= 0.6 is 0 Å². The second-order valence-electron chi connectivity index (χ2n) is 6.27. The molecule has 3 rings (SSSR count). The lowest BCUT2D eigenvalue weighted by Crippen LogP contribution is -2.43. The van der Waals surface area contributed by atoms with Crippen molar-refractivity contribution in [3.05, 3.63) is 42.0 Å². The van der Waals surface area contributed by atoms with E-state index in [1.807, 2.05) is 6.07 Å². The molecule has 1 aromatic carbocycles. The van der Waals surface area contributed by atoms with E-state index in [4.69, 9.17) is 0 Å². The summed E-state index contributed by atoms with van der Waals surface area (Å²) in [6, 6.07) is 10.9. The predicted molar refractivity (Wildman–Crippen MR) is 85.8 cm³/mol. The van der Waals surface area contributed by atoms with E-state index in [2.05, 4.69) is 47.5 Å². The molecule has 1 amide bonds. The van der Waals surface area contributed by atoms with E-state index in [9.17, 15) is 4.79 Å². The van der Waals surface area contributed by atoms with Crippen LogP contribution < -0.4 is 5.32 Å². The van der Waals surface area contributed by atoms with Gasteiger partial charge in [-0.2, -0.15) is 0 Å². The summed E-state index contributed by atoms with van der Waals surface area (Å²) in [6.45, 7) is 4.48. The smallest absolute Gasteiger partial charge is 0.234 e. The van der Waals surface area contributed by atoms with E-state index in [1.165, 1.54) is 24.0 Å². The molecule has 1 aliphatic heterocycles. The summed E-state index contributed by atoms with van der Waals surface area (Å²) in [6.07, 6.45) is 5.83. The summed E-state index contributed by atoms with van der Waals surface area (Å²) < 4.78 is 0. The maximum atomic E-state index is 12.0. The van der Waals surface area contributed by atoms with Crippen molar-refractivity contribution >= 4 is 11.5 Å². The molecule has 112 valence electrons. The van der Waals surface area contributed by atoms with Gasteiger partial charge in [-0.1, -0.05) is 36.4 Å². The Labute approximate surface area is 127 Å². The molecule has 1 atom stereocenters. The van der Waals surface area contributed by atoms with Crippen LogP contribution in [0.4, 0.5) is 0 Å². The van der Waals surface area contributed by atoms with Gasteiger partial charge in [-0.15, -0.1) is 0 Å². The minimum Gasteiger partial charge on any atom is -0.352 e. The average Bonchev–Trinajstić information content (AvgIpc) is 3.33. The van der Waals surface area contributed by atoms with Crippen LogP contribution in [0, 0.1) is 5.92 Å². The van der Waals surface area contributed by atoms with Gasteiger partial charge in [0.25, 0.3) is 0 Å². The number of carbonyl (C=O) groups excluding carboxylic acids is 1. The topological polar surface area (TPSA) is 32.3 Å². The molecule has 0 aromatic heterocycles. The van der Waals surface area contributed by atoms with Crippen molar-refractivity contribution in [3.8, 4) is 0 Å². The average molecular weight is 284 g/mol. The van der Waals surface area contributed by atoms with Gasteiger partial charge >= 0.3 is 0 Å². The third-order valence-corrected chi connectivity index (χ3v) is 4.52. The van der Waals surface area contributed by atoms with E-state index in [0.29, 0.717) is 12.6 Å². The Morgan fingerprint density at radius 1 is 1.33 bits per heavy atom. The highest BCUT2D eigenvalue weighted by Crippen LogP contribution is 2.32. The van der Waals surface area contributed by atoms with Crippen molar-refractivity contribution in [1.29, 1.82) is 0 Å². The van der Waals surface area contributed by atoms with Gasteiger partial charge in [-0.3, -0.25) is 9.69 Å². The minimum atomic E-state index is 0.172. The largest absolute Gasteiger partial charge is 0.352 e. The number of benzene rings is 1. The van der Waals surface area contributed by atoms with E-state index >= 15 is 0 Å². The molecule has 0 unspecified atom stereocenters. The van der Waals surface area contributed by atoms with Gasteiger partial charge in [0, 0.05) is 19.1 Å². The van der Waals surface area contributed by atoms with E-state index in [1.54, 1.807) is 0 Å². The zero-order chi connectivity index (χ0) is 14.7. The maximum Gasteiger partial charge on any atom is 0.234 e. The molecule has 0 bridgehead atoms. The molecule has 2 aliphatic rings. The fraction of sp³-hybridized carbons (Fsp3) is 0.500. The van der Waals surface area contributed by atoms with Crippen molar-refractivity contribution in [3.63, 3.8) is 0 Å². The van der Waals surface area contributed by atoms with Crippen LogP contribution in [0.5, 0.6) is 0 Å². The second kappa shape index (κ2) is 6.44. The Morgan fingerprint density at radius 2 is 2.10 bits per heavy atom. The maximum absolute atomic E-state index is 12.0. The number of carbonyl (C=O) groups is 1. The lowest BCUT2D eigenvalue weighted by atomic mass is 10.00. The van der Waals surface area contributed by atoms with Crippen LogP contribution in [0.2, 0.25) is 0 Å². The van der Waals surface area contributed by atoms with Gasteiger partial charge in [0.15, 0.2) is 0 Å². The van der Waals surface area contributed by atoms with E-state index < -0.39 is 0 Å². The molecule has 3 nitrogen and oxygen atoms in total. The first-order valence-electron chi connectivity index (χ1n) is 7.98. The van der Waals surface area contributed by atoms with Gasteiger partial charge in [-0.25, -0.2) is 0 Å². The molecule has 1 heterocycles. The van der Waals surface area contributed by atoms with Crippen LogP contribution in [0.1, 0.15) is 31.7 Å². The number of nitrogens with one attached hydrogen (secondary N) is 1. The van der Waals surface area contributed by atoms with E-state index in [0.717, 1.165) is 25.4 Å². The zero-order valence-electron chi connectivity index (χ0n) is 12.7. The summed E-state index contributed by atoms with van der Waals surface area (Å²) in [7, 11) is 0. The fourth-order valence-electron chi connectivity index (χ4n) is 2.99. The Hall–Kier alpha value is -1.61. The number of amides is 1. The summed E-state index contributed by atoms with van der Waals surface area (Å²) in [5.41, 5.74) is 2.71. The van der Waals surface area contributed by atoms with Crippen LogP contribution in [-0.4, -0.2) is 36.5 Å². The molecule has 21 heavy (non-hydrogen) atoms. The highest BCUT2D eigenvalue weighted by molar-refractivity contribution is 5.78. The SMILES string of the molecule is C[C@H](NC(=O)CN1CC=C(c2ccccc2)CC1)C1CC1. The number of hydrogen-bond donors (Lipinski definition) is 1. The van der Waals surface area contributed by atoms with E-state index in [-0.39, 0.29) is 5.91 Å². The predicted octanol–water partition coefficient (Wildman–Crippen LogP) is 2.69. The van der Waals surface area contributed by atoms with Crippen LogP contribution in [-0.2, 0) is 4.79 Å². The Balaban J connectivity index is 1.48. The third kappa shape index (κ3) is 3.94. The van der Waals surface area contributed by atoms with Gasteiger partial charge in [0.2, 0.25) is 5.91 Å². The lowest BCUT2D eigenvalue weighted by Gasteiger charge is -2.26. The Morgan fingerprint density at radius 3 is 2.71 bits per heavy atom. The van der Waals surface area contributed by atoms with Crippen LogP contribution in [0.25, 0.3) is 5.57 Å². The third-order valence-electron chi connectivity index (χ3n) is 4.52. The summed E-state index contributed by atoms with van der Waals surface area (Å²) in [4.78, 5) is 14.3. The first kappa shape index (κ1) is 14.3. The van der Waals surface area contributed by atoms with Gasteiger partial charge in [0.1, 0.15) is 0 Å². The Bertz CT molecular complexity index is 519. The molecule has 1 aliphatic carbocycles. The van der Waals surface area contributed by atoms with Gasteiger partial charge in [-0.05, 0) is 43.2 Å². The van der Waals surface area contributed by atoms with Gasteiger partial charge in [0.05, 0.1) is 6.54 Å². The number of nitrogens with zero attached hydrogens (tertiary/aromatic N) is 1. The van der Waals surface area contributed by atoms with Crippen LogP contribution in [0.3, 0.4) is 0 Å². The molecular weight excluding hydrogens is 260 g/mol.